The molecule has 0 saturated heterocycles. The van der Waals surface area contributed by atoms with E-state index in [-0.39, 0.29) is 42.7 Å². The van der Waals surface area contributed by atoms with Crippen LogP contribution in [0.25, 0.3) is 0 Å². The number of carboxylic acid groups (broad SMARTS) is 1. The van der Waals surface area contributed by atoms with Gasteiger partial charge in [-0.25, -0.2) is 4.79 Å². The van der Waals surface area contributed by atoms with E-state index in [1.807, 2.05) is 21.1 Å². The zero-order valence-electron chi connectivity index (χ0n) is 41.2. The van der Waals surface area contributed by atoms with Gasteiger partial charge < -0.3 is 23.8 Å². The Labute approximate surface area is 391 Å². The molecule has 0 aliphatic rings. The number of likely N-dealkylation sites (N-methyl/N-ethyl adjacent to an activating group) is 1. The predicted octanol–water partition coefficient (Wildman–Crippen LogP) is 14.4. The second kappa shape index (κ2) is 45.6. The van der Waals surface area contributed by atoms with Crippen LogP contribution < -0.4 is 0 Å². The molecular formula is C56H92NO7+. The first-order valence-electron chi connectivity index (χ1n) is 25.0. The molecule has 0 aliphatic heterocycles. The first-order chi connectivity index (χ1) is 31.1. The summed E-state index contributed by atoms with van der Waals surface area (Å²) in [5.41, 5.74) is 0. The standard InChI is InChI=1S/C56H91NO7/c1-6-8-10-12-14-16-18-20-22-24-26-27-28-29-31-33-35-37-39-41-43-45-47-55(59)64-52(50-62-49-48-53(56(60)61)57(3,4)5)51-63-54(58)46-44-42-40-38-36-34-32-30-25-23-21-19-17-15-13-11-9-7-2/h8,10,14,16,19-23,25-27,29-32,35,37,52-53H,6-7,9,11-13,15,17-18,24,28,33-34,36,38-51H2,1-5H3/p+1/b10-8+,16-14+,21-19+,22-20+,25-23+,27-26+,31-29+,32-30+,37-35+. The summed E-state index contributed by atoms with van der Waals surface area (Å²) in [5, 5.41) is 9.65. The van der Waals surface area contributed by atoms with Crippen molar-refractivity contribution in [2.75, 3.05) is 41.0 Å². The van der Waals surface area contributed by atoms with Gasteiger partial charge in [0, 0.05) is 19.3 Å². The molecule has 2 unspecified atom stereocenters. The number of unbranched alkanes of at least 4 members (excludes halogenated alkanes) is 13. The lowest BCUT2D eigenvalue weighted by Gasteiger charge is -2.31. The van der Waals surface area contributed by atoms with Gasteiger partial charge in [0.1, 0.15) is 6.61 Å². The van der Waals surface area contributed by atoms with Crippen molar-refractivity contribution in [2.45, 2.75) is 187 Å². The first-order valence-corrected chi connectivity index (χ1v) is 25.0. The van der Waals surface area contributed by atoms with Crippen LogP contribution in [0, 0.1) is 0 Å². The molecule has 0 rings (SSSR count). The molecule has 1 N–H and O–H groups in total. The number of carboxylic acids is 1. The molecule has 8 nitrogen and oxygen atoms in total. The minimum absolute atomic E-state index is 0.0331. The Morgan fingerprint density at radius 1 is 0.500 bits per heavy atom. The van der Waals surface area contributed by atoms with Crippen molar-refractivity contribution in [3.05, 3.63) is 109 Å². The fourth-order valence-electron chi connectivity index (χ4n) is 6.62. The average molecular weight is 891 g/mol. The second-order valence-corrected chi connectivity index (χ2v) is 17.4. The number of carbonyl (C=O) groups excluding carboxylic acids is 2. The van der Waals surface area contributed by atoms with Crippen molar-refractivity contribution in [3.8, 4) is 0 Å². The molecular weight excluding hydrogens is 799 g/mol. The average Bonchev–Trinajstić information content (AvgIpc) is 3.26. The maximum atomic E-state index is 12.8. The van der Waals surface area contributed by atoms with Crippen LogP contribution in [0.4, 0.5) is 0 Å². The fraction of sp³-hybridized carbons (Fsp3) is 0.625. The van der Waals surface area contributed by atoms with Crippen molar-refractivity contribution in [3.63, 3.8) is 0 Å². The molecule has 0 saturated carbocycles. The van der Waals surface area contributed by atoms with E-state index in [1.54, 1.807) is 0 Å². The van der Waals surface area contributed by atoms with Crippen molar-refractivity contribution >= 4 is 17.9 Å². The Morgan fingerprint density at radius 3 is 1.44 bits per heavy atom. The minimum Gasteiger partial charge on any atom is -0.477 e. The highest BCUT2D eigenvalue weighted by Crippen LogP contribution is 2.12. The van der Waals surface area contributed by atoms with Crippen molar-refractivity contribution < 1.29 is 38.2 Å². The summed E-state index contributed by atoms with van der Waals surface area (Å²) in [4.78, 5) is 37.1. The number of rotatable bonds is 43. The molecule has 0 aromatic rings. The Hall–Kier alpha value is -4.01. The number of ether oxygens (including phenoxy) is 3. The number of allylic oxidation sites excluding steroid dienone is 18. The summed E-state index contributed by atoms with van der Waals surface area (Å²) < 4.78 is 17.3. The number of hydrogen-bond acceptors (Lipinski definition) is 6. The summed E-state index contributed by atoms with van der Waals surface area (Å²) in [7, 11) is 5.50. The largest absolute Gasteiger partial charge is 0.477 e. The zero-order valence-corrected chi connectivity index (χ0v) is 41.2. The maximum Gasteiger partial charge on any atom is 0.362 e. The SMILES string of the molecule is CC/C=C/C/C=C/C/C=C/C/C=C/C/C=C/C/C=C/CCCCCC(=O)OC(COCCC(C(=O)O)[N+](C)(C)C)COC(=O)CCCCCCC/C=C/C=C/C=C/CCCCCCC. The Balaban J connectivity index is 4.42. The van der Waals surface area contributed by atoms with Gasteiger partial charge in [0.15, 0.2) is 12.1 Å². The Kier molecular flexibility index (Phi) is 42.7. The molecule has 0 bridgehead atoms. The van der Waals surface area contributed by atoms with Crippen LogP contribution in [0.15, 0.2) is 109 Å². The van der Waals surface area contributed by atoms with E-state index in [0.717, 1.165) is 103 Å². The van der Waals surface area contributed by atoms with E-state index < -0.39 is 18.1 Å². The highest BCUT2D eigenvalue weighted by Gasteiger charge is 2.31. The molecule has 0 aromatic heterocycles. The Bertz CT molecular complexity index is 1410. The second-order valence-electron chi connectivity index (χ2n) is 17.4. The van der Waals surface area contributed by atoms with Gasteiger partial charge in [0.05, 0.1) is 34.4 Å². The lowest BCUT2D eigenvalue weighted by molar-refractivity contribution is -0.887. The summed E-state index contributed by atoms with van der Waals surface area (Å²) in [6.45, 7) is 4.53. The maximum absolute atomic E-state index is 12.8. The molecule has 0 heterocycles. The third-order valence-corrected chi connectivity index (χ3v) is 10.5. The van der Waals surface area contributed by atoms with Crippen LogP contribution >= 0.6 is 0 Å². The number of esters is 2. The van der Waals surface area contributed by atoms with E-state index in [1.165, 1.54) is 32.1 Å². The van der Waals surface area contributed by atoms with Gasteiger partial charge in [-0.1, -0.05) is 175 Å². The van der Waals surface area contributed by atoms with Gasteiger partial charge in [-0.15, -0.1) is 0 Å². The van der Waals surface area contributed by atoms with Gasteiger partial charge >= 0.3 is 17.9 Å². The van der Waals surface area contributed by atoms with E-state index in [0.29, 0.717) is 19.3 Å². The van der Waals surface area contributed by atoms with E-state index >= 15 is 0 Å². The van der Waals surface area contributed by atoms with Crippen LogP contribution in [0.1, 0.15) is 174 Å². The number of aliphatic carboxylic acids is 1. The van der Waals surface area contributed by atoms with Crippen LogP contribution in [0.3, 0.4) is 0 Å². The monoisotopic (exact) mass is 891 g/mol. The molecule has 2 atom stereocenters. The third-order valence-electron chi connectivity index (χ3n) is 10.5. The Morgan fingerprint density at radius 2 is 0.938 bits per heavy atom. The van der Waals surface area contributed by atoms with Crippen molar-refractivity contribution in [2.24, 2.45) is 0 Å². The normalized spacial score (nSPS) is 13.8. The molecule has 0 radical (unpaired) electrons. The van der Waals surface area contributed by atoms with Crippen molar-refractivity contribution in [1.29, 1.82) is 0 Å². The van der Waals surface area contributed by atoms with E-state index in [4.69, 9.17) is 14.2 Å². The predicted molar refractivity (Wildman–Crippen MR) is 270 cm³/mol. The van der Waals surface area contributed by atoms with Crippen LogP contribution in [-0.4, -0.2) is 80.6 Å². The van der Waals surface area contributed by atoms with E-state index in [9.17, 15) is 19.5 Å². The molecule has 64 heavy (non-hydrogen) atoms. The summed E-state index contributed by atoms with van der Waals surface area (Å²) >= 11 is 0. The van der Waals surface area contributed by atoms with Gasteiger partial charge in [-0.3, -0.25) is 9.59 Å². The quantitative estimate of drug-likeness (QED) is 0.0214. The summed E-state index contributed by atoms with van der Waals surface area (Å²) in [5.74, 6) is -1.55. The van der Waals surface area contributed by atoms with Crippen LogP contribution in [-0.2, 0) is 28.6 Å². The minimum atomic E-state index is -0.888. The smallest absolute Gasteiger partial charge is 0.362 e. The highest BCUT2D eigenvalue weighted by molar-refractivity contribution is 5.72. The van der Waals surface area contributed by atoms with Gasteiger partial charge in [0.25, 0.3) is 0 Å². The number of carbonyl (C=O) groups is 3. The van der Waals surface area contributed by atoms with E-state index in [2.05, 4.69) is 123 Å². The lowest BCUT2D eigenvalue weighted by atomic mass is 10.1. The molecule has 0 spiro atoms. The topological polar surface area (TPSA) is 99.1 Å². The lowest BCUT2D eigenvalue weighted by Crippen LogP contribution is -2.50. The van der Waals surface area contributed by atoms with Gasteiger partial charge in [-0.2, -0.15) is 0 Å². The van der Waals surface area contributed by atoms with Crippen LogP contribution in [0.2, 0.25) is 0 Å². The van der Waals surface area contributed by atoms with Gasteiger partial charge in [0.2, 0.25) is 0 Å². The fourth-order valence-corrected chi connectivity index (χ4v) is 6.62. The molecule has 8 heteroatoms. The summed E-state index contributed by atoms with van der Waals surface area (Å²) in [6.07, 6.45) is 62.8. The van der Waals surface area contributed by atoms with Crippen molar-refractivity contribution in [1.82, 2.24) is 0 Å². The third kappa shape index (κ3) is 43.3. The number of hydrogen-bond donors (Lipinski definition) is 1. The first kappa shape index (κ1) is 60.0. The highest BCUT2D eigenvalue weighted by atomic mass is 16.6. The molecule has 362 valence electrons. The number of nitrogens with zero attached hydrogens (tertiary/aromatic N) is 1. The summed E-state index contributed by atoms with van der Waals surface area (Å²) in [6, 6.07) is -0.632. The molecule has 0 fully saturated rings. The van der Waals surface area contributed by atoms with Crippen LogP contribution in [0.5, 0.6) is 0 Å². The molecule has 0 amide bonds. The molecule has 0 aromatic carbocycles. The zero-order chi connectivity index (χ0) is 47.0. The number of quaternary nitrogens is 1. The molecule has 0 aliphatic carbocycles. The van der Waals surface area contributed by atoms with Gasteiger partial charge in [-0.05, 0) is 89.9 Å².